The molecule has 0 bridgehead atoms. The second-order valence-corrected chi connectivity index (χ2v) is 5.19. The topological polar surface area (TPSA) is 52.6 Å². The highest BCUT2D eigenvalue weighted by Gasteiger charge is 2.33. The molecular weight excluding hydrogens is 280 g/mol. The van der Waals surface area contributed by atoms with Crippen LogP contribution in [0.2, 0.25) is 0 Å². The Labute approximate surface area is 129 Å². The maximum Gasteiger partial charge on any atom is 0.326 e. The molecule has 0 atom stereocenters. The first-order valence-corrected chi connectivity index (χ1v) is 7.11. The highest BCUT2D eigenvalue weighted by molar-refractivity contribution is 5.97. The smallest absolute Gasteiger partial charge is 0.326 e. The van der Waals surface area contributed by atoms with Gasteiger partial charge in [-0.2, -0.15) is 0 Å². The summed E-state index contributed by atoms with van der Waals surface area (Å²) in [6, 6.07) is 17.3. The van der Waals surface area contributed by atoms with Crippen molar-refractivity contribution in [3.63, 3.8) is 0 Å². The SMILES string of the molecule is CC(C)C(C(=O)Oc1ccccc1)C(=O)Oc1ccccc1. The number of para-hydroxylation sites is 2. The third-order valence-corrected chi connectivity index (χ3v) is 3.10. The third-order valence-electron chi connectivity index (χ3n) is 3.10. The summed E-state index contributed by atoms with van der Waals surface area (Å²) in [5, 5.41) is 0. The van der Waals surface area contributed by atoms with Crippen LogP contribution in [0, 0.1) is 11.8 Å². The molecule has 0 saturated heterocycles. The van der Waals surface area contributed by atoms with Crippen molar-refractivity contribution in [2.24, 2.45) is 11.8 Å². The van der Waals surface area contributed by atoms with Gasteiger partial charge in [-0.1, -0.05) is 50.2 Å². The van der Waals surface area contributed by atoms with Crippen molar-refractivity contribution >= 4 is 11.9 Å². The summed E-state index contributed by atoms with van der Waals surface area (Å²) in [7, 11) is 0. The number of ether oxygens (including phenoxy) is 2. The van der Waals surface area contributed by atoms with E-state index in [0.29, 0.717) is 11.5 Å². The summed E-state index contributed by atoms with van der Waals surface area (Å²) in [5.41, 5.74) is 0. The summed E-state index contributed by atoms with van der Waals surface area (Å²) in [5.74, 6) is -1.60. The van der Waals surface area contributed by atoms with Crippen LogP contribution in [-0.2, 0) is 9.59 Å². The zero-order valence-electron chi connectivity index (χ0n) is 12.6. The van der Waals surface area contributed by atoms with Crippen LogP contribution < -0.4 is 9.47 Å². The Morgan fingerprint density at radius 1 is 0.727 bits per heavy atom. The average Bonchev–Trinajstić information content (AvgIpc) is 2.48. The van der Waals surface area contributed by atoms with Gasteiger partial charge >= 0.3 is 11.9 Å². The number of hydrogen-bond donors (Lipinski definition) is 0. The lowest BCUT2D eigenvalue weighted by Gasteiger charge is -2.17. The molecular formula is C18H18O4. The largest absolute Gasteiger partial charge is 0.426 e. The average molecular weight is 298 g/mol. The molecule has 0 aliphatic heterocycles. The quantitative estimate of drug-likeness (QED) is 0.482. The van der Waals surface area contributed by atoms with Crippen molar-refractivity contribution in [3.8, 4) is 11.5 Å². The molecule has 22 heavy (non-hydrogen) atoms. The summed E-state index contributed by atoms with van der Waals surface area (Å²) in [4.78, 5) is 24.5. The van der Waals surface area contributed by atoms with Crippen LogP contribution >= 0.6 is 0 Å². The van der Waals surface area contributed by atoms with Crippen LogP contribution in [0.1, 0.15) is 13.8 Å². The van der Waals surface area contributed by atoms with Gasteiger partial charge in [0.2, 0.25) is 0 Å². The minimum Gasteiger partial charge on any atom is -0.426 e. The Morgan fingerprint density at radius 3 is 1.41 bits per heavy atom. The normalized spacial score (nSPS) is 10.5. The van der Waals surface area contributed by atoms with E-state index >= 15 is 0 Å². The Hall–Kier alpha value is -2.62. The van der Waals surface area contributed by atoms with Gasteiger partial charge in [-0.15, -0.1) is 0 Å². The highest BCUT2D eigenvalue weighted by atomic mass is 16.6. The van der Waals surface area contributed by atoms with E-state index in [1.165, 1.54) is 0 Å². The molecule has 0 heterocycles. The maximum absolute atomic E-state index is 12.3. The lowest BCUT2D eigenvalue weighted by Crippen LogP contribution is -2.35. The minimum absolute atomic E-state index is 0.229. The molecule has 0 unspecified atom stereocenters. The fourth-order valence-electron chi connectivity index (χ4n) is 1.98. The van der Waals surface area contributed by atoms with E-state index in [4.69, 9.17) is 9.47 Å². The Balaban J connectivity index is 2.08. The van der Waals surface area contributed by atoms with Crippen molar-refractivity contribution < 1.29 is 19.1 Å². The molecule has 4 nitrogen and oxygen atoms in total. The molecule has 0 radical (unpaired) electrons. The molecule has 0 amide bonds. The van der Waals surface area contributed by atoms with Crippen LogP contribution in [-0.4, -0.2) is 11.9 Å². The molecule has 0 aliphatic carbocycles. The number of carbonyl (C=O) groups is 2. The molecule has 0 saturated carbocycles. The van der Waals surface area contributed by atoms with Crippen LogP contribution in [0.25, 0.3) is 0 Å². The van der Waals surface area contributed by atoms with Gasteiger partial charge in [0, 0.05) is 0 Å². The first-order chi connectivity index (χ1) is 10.6. The van der Waals surface area contributed by atoms with E-state index in [-0.39, 0.29) is 5.92 Å². The number of benzene rings is 2. The van der Waals surface area contributed by atoms with E-state index in [1.807, 2.05) is 12.1 Å². The summed E-state index contributed by atoms with van der Waals surface area (Å²) in [6.07, 6.45) is 0. The number of esters is 2. The summed E-state index contributed by atoms with van der Waals surface area (Å²) >= 11 is 0. The molecule has 2 rings (SSSR count). The number of hydrogen-bond acceptors (Lipinski definition) is 4. The fourth-order valence-corrected chi connectivity index (χ4v) is 1.98. The van der Waals surface area contributed by atoms with Crippen LogP contribution in [0.5, 0.6) is 11.5 Å². The Morgan fingerprint density at radius 2 is 1.09 bits per heavy atom. The minimum atomic E-state index is -0.972. The van der Waals surface area contributed by atoms with Crippen LogP contribution in [0.4, 0.5) is 0 Å². The van der Waals surface area contributed by atoms with E-state index in [1.54, 1.807) is 62.4 Å². The molecule has 0 spiro atoms. The fraction of sp³-hybridized carbons (Fsp3) is 0.222. The molecule has 0 fully saturated rings. The monoisotopic (exact) mass is 298 g/mol. The van der Waals surface area contributed by atoms with E-state index in [9.17, 15) is 9.59 Å². The second kappa shape index (κ2) is 7.41. The van der Waals surface area contributed by atoms with Gasteiger partial charge in [0.05, 0.1) is 0 Å². The standard InChI is InChI=1S/C18H18O4/c1-13(2)16(17(19)21-14-9-5-3-6-10-14)18(20)22-15-11-7-4-8-12-15/h3-13,16H,1-2H3. The molecule has 114 valence electrons. The van der Waals surface area contributed by atoms with Gasteiger partial charge in [0.15, 0.2) is 5.92 Å². The molecule has 0 aromatic heterocycles. The van der Waals surface area contributed by atoms with Gasteiger partial charge in [-0.3, -0.25) is 9.59 Å². The van der Waals surface area contributed by atoms with Gasteiger partial charge < -0.3 is 9.47 Å². The molecule has 2 aromatic carbocycles. The van der Waals surface area contributed by atoms with Crippen LogP contribution in [0.3, 0.4) is 0 Å². The van der Waals surface area contributed by atoms with Crippen molar-refractivity contribution in [2.45, 2.75) is 13.8 Å². The van der Waals surface area contributed by atoms with Crippen LogP contribution in [0.15, 0.2) is 60.7 Å². The highest BCUT2D eigenvalue weighted by Crippen LogP contribution is 2.20. The zero-order chi connectivity index (χ0) is 15.9. The first-order valence-electron chi connectivity index (χ1n) is 7.11. The van der Waals surface area contributed by atoms with Gasteiger partial charge in [0.1, 0.15) is 11.5 Å². The lowest BCUT2D eigenvalue weighted by molar-refractivity contribution is -0.153. The lowest BCUT2D eigenvalue weighted by atomic mass is 9.96. The van der Waals surface area contributed by atoms with Crippen molar-refractivity contribution in [1.29, 1.82) is 0 Å². The predicted molar refractivity (Wildman–Crippen MR) is 82.5 cm³/mol. The number of rotatable bonds is 5. The van der Waals surface area contributed by atoms with E-state index in [0.717, 1.165) is 0 Å². The molecule has 0 N–H and O–H groups in total. The van der Waals surface area contributed by atoms with Gasteiger partial charge in [-0.25, -0.2) is 0 Å². The first kappa shape index (κ1) is 15.8. The summed E-state index contributed by atoms with van der Waals surface area (Å²) < 4.78 is 10.5. The molecule has 0 aliphatic rings. The second-order valence-electron chi connectivity index (χ2n) is 5.19. The van der Waals surface area contributed by atoms with Crippen molar-refractivity contribution in [2.75, 3.05) is 0 Å². The van der Waals surface area contributed by atoms with E-state index < -0.39 is 17.9 Å². The molecule has 4 heteroatoms. The van der Waals surface area contributed by atoms with Gasteiger partial charge in [-0.05, 0) is 30.2 Å². The van der Waals surface area contributed by atoms with Gasteiger partial charge in [0.25, 0.3) is 0 Å². The third kappa shape index (κ3) is 4.19. The van der Waals surface area contributed by atoms with Crippen molar-refractivity contribution in [3.05, 3.63) is 60.7 Å². The number of carbonyl (C=O) groups excluding carboxylic acids is 2. The Bertz CT molecular complexity index is 567. The maximum atomic E-state index is 12.3. The zero-order valence-corrected chi connectivity index (χ0v) is 12.6. The molecule has 2 aromatic rings. The predicted octanol–water partition coefficient (Wildman–Crippen LogP) is 3.47. The Kier molecular flexibility index (Phi) is 5.31. The van der Waals surface area contributed by atoms with E-state index in [2.05, 4.69) is 0 Å². The summed E-state index contributed by atoms with van der Waals surface area (Å²) in [6.45, 7) is 3.56. The van der Waals surface area contributed by atoms with Crippen molar-refractivity contribution in [1.82, 2.24) is 0 Å².